The third-order valence-electron chi connectivity index (χ3n) is 6.57. The van der Waals surface area contributed by atoms with E-state index < -0.39 is 60.2 Å². The van der Waals surface area contributed by atoms with E-state index in [0.717, 1.165) is 32.3 Å². The van der Waals surface area contributed by atoms with Gasteiger partial charge in [-0.1, -0.05) is 0 Å². The van der Waals surface area contributed by atoms with Crippen molar-refractivity contribution < 1.29 is 46.1 Å². The minimum absolute atomic E-state index is 0. The van der Waals surface area contributed by atoms with Crippen molar-refractivity contribution in [2.24, 2.45) is 0 Å². The lowest BCUT2D eigenvalue weighted by Crippen LogP contribution is -2.25. The molecule has 3 radical (unpaired) electrons. The maximum atomic E-state index is 11.3. The van der Waals surface area contributed by atoms with E-state index in [1.165, 1.54) is 0 Å². The molecule has 0 unspecified atom stereocenters. The Morgan fingerprint density at radius 3 is 0.952 bits per heavy atom. The molecule has 15 nitrogen and oxygen atoms in total. The van der Waals surface area contributed by atoms with Crippen LogP contribution in [0.3, 0.4) is 0 Å². The van der Waals surface area contributed by atoms with Gasteiger partial charge >= 0.3 is 45.7 Å². The van der Waals surface area contributed by atoms with E-state index in [2.05, 4.69) is 29.9 Å². The van der Waals surface area contributed by atoms with Gasteiger partial charge in [0, 0.05) is 14.1 Å². The Bertz CT molecular complexity index is 1820. The maximum Gasteiger partial charge on any atom is 0.489 e. The van der Waals surface area contributed by atoms with E-state index in [0.29, 0.717) is 47.2 Å². The quantitative estimate of drug-likeness (QED) is 0.102. The van der Waals surface area contributed by atoms with E-state index in [1.54, 1.807) is 0 Å². The van der Waals surface area contributed by atoms with Crippen LogP contribution in [0, 0.1) is 0 Å². The number of nitrogens with zero attached hydrogens (tertiary/aromatic N) is 3. The van der Waals surface area contributed by atoms with Gasteiger partial charge in [0.1, 0.15) is 0 Å². The molecular formula is C24H18Al3N6O9. The number of carbonyl (C=O) groups is 3. The van der Waals surface area contributed by atoms with Gasteiger partial charge in [-0.2, -0.15) is 0 Å². The average Bonchev–Trinajstić information content (AvgIpc) is 3.54. The number of aromatic nitrogens is 6. The minimum atomic E-state index is -1.06. The lowest BCUT2D eigenvalue weighted by atomic mass is 9.93. The standard InChI is InChI=1S/C21H9N6.3CHO2.3Al.3H2O/c1-10-11(2-17-16(1)22-7-23-17)13-4-20-21(27-9-26-20)6-15(13)14-5-19-18(3-12(10)14)24-8-25-19;3*2-1-3;;;;;;/h1-6H,(H,22,23)(H,24,25)(H,26,27);3*(H,2,3);;;;3*1H2. The van der Waals surface area contributed by atoms with Gasteiger partial charge in [0.05, 0.1) is 33.1 Å². The Morgan fingerprint density at radius 1 is 0.476 bits per heavy atom. The van der Waals surface area contributed by atoms with Gasteiger partial charge in [0.2, 0.25) is 0 Å². The molecule has 0 spiro atoms. The molecule has 18 heteroatoms. The summed E-state index contributed by atoms with van der Waals surface area (Å²) in [5.74, 6) is 0. The number of aromatic amines is 3. The van der Waals surface area contributed by atoms with Crippen molar-refractivity contribution in [1.29, 1.82) is 0 Å². The number of H-pyrrole nitrogens is 3. The highest BCUT2D eigenvalue weighted by Gasteiger charge is 2.19. The molecule has 0 aliphatic rings. The van der Waals surface area contributed by atoms with E-state index in [1.807, 2.05) is 36.4 Å². The molecule has 7 aromatic rings. The zero-order chi connectivity index (χ0) is 27.0. The molecule has 207 valence electrons. The number of benzene rings is 4. The Labute approximate surface area is 251 Å². The summed E-state index contributed by atoms with van der Waals surface area (Å²) in [5, 5.41) is 33.1. The molecule has 0 amide bonds. The normalized spacial score (nSPS) is 10.9. The van der Waals surface area contributed by atoms with Crippen molar-refractivity contribution in [3.8, 4) is 0 Å². The predicted octanol–water partition coefficient (Wildman–Crippen LogP) is -0.677. The van der Waals surface area contributed by atoms with Crippen molar-refractivity contribution >= 4 is 140 Å². The van der Waals surface area contributed by atoms with Crippen molar-refractivity contribution in [3.63, 3.8) is 0 Å². The first kappa shape index (κ1) is 30.9. The summed E-state index contributed by atoms with van der Waals surface area (Å²) in [7, 11) is 0. The zero-order valence-electron chi connectivity index (χ0n) is 21.1. The Balaban J connectivity index is 0.00000135. The highest BCUT2D eigenvalue weighted by Crippen LogP contribution is 2.39. The van der Waals surface area contributed by atoms with Crippen LogP contribution in [0.15, 0.2) is 36.4 Å². The van der Waals surface area contributed by atoms with Crippen molar-refractivity contribution in [1.82, 2.24) is 29.9 Å². The molecule has 3 heterocycles. The number of fused-ring (bicyclic) bond motifs is 9. The van der Waals surface area contributed by atoms with Crippen LogP contribution in [0.25, 0.3) is 65.4 Å². The molecule has 3 aromatic heterocycles. The highest BCUT2D eigenvalue weighted by atomic mass is 27.1. The first-order valence-electron chi connectivity index (χ1n) is 11.6. The van der Waals surface area contributed by atoms with Crippen LogP contribution in [0.5, 0.6) is 0 Å². The summed E-state index contributed by atoms with van der Waals surface area (Å²) in [6.45, 7) is 0. The third-order valence-corrected chi connectivity index (χ3v) is 8.95. The third kappa shape index (κ3) is 5.20. The summed E-state index contributed by atoms with van der Waals surface area (Å²) in [5.41, 5.74) is 4.04. The first-order chi connectivity index (χ1) is 18.7. The van der Waals surface area contributed by atoms with Gasteiger partial charge in [0.25, 0.3) is 0 Å². The molecular weight excluding hydrogens is 597 g/mol. The molecule has 0 bridgehead atoms. The van der Waals surface area contributed by atoms with Crippen LogP contribution >= 0.6 is 0 Å². The molecule has 4 aromatic carbocycles. The molecule has 0 fully saturated rings. The molecule has 0 atom stereocenters. The first-order valence-corrected chi connectivity index (χ1v) is 15.0. The van der Waals surface area contributed by atoms with Crippen LogP contribution in [0.1, 0.15) is 0 Å². The average molecular weight is 615 g/mol. The molecule has 0 aliphatic heterocycles. The van der Waals surface area contributed by atoms with E-state index in [4.69, 9.17) is 0 Å². The zero-order valence-corrected chi connectivity index (χ0v) is 24.6. The smallest absolute Gasteiger partial charge is 0.489 e. The van der Waals surface area contributed by atoms with E-state index in [-0.39, 0.29) is 16.4 Å². The molecule has 0 aliphatic carbocycles. The second kappa shape index (κ2) is 11.3. The second-order valence-electron chi connectivity index (χ2n) is 9.06. The molecule has 0 saturated carbocycles. The SMILES string of the molecule is O.O.O.O=[C](O)[Al][c]1nc2cc3c4cc5n[c]([Al][C](=O)O)[nH]c5cc4c4cc5[nH][c]([Al][C](=O)O)nc5cc4c3cc2[nH]1. The Hall–Kier alpha value is -4.04. The molecule has 7 rings (SSSR count). The highest BCUT2D eigenvalue weighted by molar-refractivity contribution is 6.82. The monoisotopic (exact) mass is 615 g/mol. The minimum Gasteiger partial charge on any atom is -0.496 e. The van der Waals surface area contributed by atoms with Gasteiger partial charge < -0.3 is 46.7 Å². The van der Waals surface area contributed by atoms with Crippen LogP contribution in [-0.4, -0.2) is 122 Å². The van der Waals surface area contributed by atoms with E-state index >= 15 is 0 Å². The van der Waals surface area contributed by atoms with Crippen LogP contribution in [-0.2, 0) is 0 Å². The van der Waals surface area contributed by atoms with Gasteiger partial charge in [-0.25, -0.2) is 0 Å². The van der Waals surface area contributed by atoms with Crippen LogP contribution < -0.4 is 14.1 Å². The van der Waals surface area contributed by atoms with Crippen LogP contribution in [0.2, 0.25) is 0 Å². The van der Waals surface area contributed by atoms with Crippen molar-refractivity contribution in [2.45, 2.75) is 0 Å². The fourth-order valence-electron chi connectivity index (χ4n) is 5.12. The fourth-order valence-corrected chi connectivity index (χ4v) is 7.12. The number of nitrogens with one attached hydrogen (secondary N) is 3. The van der Waals surface area contributed by atoms with Gasteiger partial charge in [-0.15, -0.1) is 0 Å². The fraction of sp³-hybridized carbons (Fsp3) is 0. The number of hydrogen-bond acceptors (Lipinski definition) is 6. The summed E-state index contributed by atoms with van der Waals surface area (Å²) in [4.78, 5) is 54.2. The molecule has 42 heavy (non-hydrogen) atoms. The summed E-state index contributed by atoms with van der Waals surface area (Å²) in [6.07, 6.45) is 0. The van der Waals surface area contributed by atoms with Crippen molar-refractivity contribution in [3.05, 3.63) is 36.4 Å². The number of carboxylic acid groups (broad SMARTS) is 3. The van der Waals surface area contributed by atoms with E-state index in [9.17, 15) is 29.7 Å². The Morgan fingerprint density at radius 2 is 0.714 bits per heavy atom. The topological polar surface area (TPSA) is 292 Å². The van der Waals surface area contributed by atoms with Gasteiger partial charge in [-0.05, 0) is 68.7 Å². The second-order valence-corrected chi connectivity index (χ2v) is 13.0. The van der Waals surface area contributed by atoms with Crippen molar-refractivity contribution in [2.75, 3.05) is 0 Å². The predicted molar refractivity (Wildman–Crippen MR) is 159 cm³/mol. The number of imidazole rings is 3. The summed E-state index contributed by atoms with van der Waals surface area (Å²) >= 11 is -3.19. The molecule has 0 saturated heterocycles. The number of hydrogen-bond donors (Lipinski definition) is 6. The van der Waals surface area contributed by atoms with Gasteiger partial charge in [0.15, 0.2) is 14.5 Å². The summed E-state index contributed by atoms with van der Waals surface area (Å²) in [6, 6.07) is 11.6. The van der Waals surface area contributed by atoms with Crippen LogP contribution in [0.4, 0.5) is 14.4 Å². The summed E-state index contributed by atoms with van der Waals surface area (Å²) < 4.78 is 1.28. The number of rotatable bonds is 6. The maximum absolute atomic E-state index is 11.3. The lowest BCUT2D eigenvalue weighted by molar-refractivity contribution is 0.219. The largest absolute Gasteiger partial charge is 0.496 e. The molecule has 12 N–H and O–H groups in total. The lowest BCUT2D eigenvalue weighted by Gasteiger charge is -2.11. The van der Waals surface area contributed by atoms with Gasteiger partial charge in [-0.3, -0.25) is 29.3 Å². The Kier molecular flexibility index (Phi) is 8.33.